The maximum Gasteiger partial charge on any atom is 0.214 e. The van der Waals surface area contributed by atoms with Gasteiger partial charge in [-0.25, -0.2) is 13.9 Å². The van der Waals surface area contributed by atoms with E-state index < -0.39 is 0 Å². The van der Waals surface area contributed by atoms with Gasteiger partial charge in [0.2, 0.25) is 10.1 Å². The fraction of sp³-hybridized carbons (Fsp3) is 0.118. The van der Waals surface area contributed by atoms with Crippen LogP contribution >= 0.6 is 11.3 Å². The molecular weight excluding hydrogens is 341 g/mol. The molecule has 3 heterocycles. The van der Waals surface area contributed by atoms with Gasteiger partial charge in [0, 0.05) is 18.3 Å². The first-order valence-corrected chi connectivity index (χ1v) is 8.37. The van der Waals surface area contributed by atoms with Gasteiger partial charge in [-0.3, -0.25) is 4.98 Å². The second kappa shape index (κ2) is 6.48. The standard InChI is InChI=1S/C17H14FN5OS/c1-24-14-6-12(8-19-9-14)15-10-23-17(21-15)25-16(22-23)20-7-11-2-4-13(18)5-3-11/h2-6,8-10H,7H2,1H3,(H,20,22). The molecule has 0 atom stereocenters. The third-order valence-corrected chi connectivity index (χ3v) is 4.53. The number of nitrogens with one attached hydrogen (secondary N) is 1. The van der Waals surface area contributed by atoms with Gasteiger partial charge in [-0.15, -0.1) is 5.10 Å². The summed E-state index contributed by atoms with van der Waals surface area (Å²) in [6.45, 7) is 0.573. The quantitative estimate of drug-likeness (QED) is 0.592. The van der Waals surface area contributed by atoms with Crippen LogP contribution < -0.4 is 10.1 Å². The zero-order chi connectivity index (χ0) is 17.2. The smallest absolute Gasteiger partial charge is 0.214 e. The van der Waals surface area contributed by atoms with Crippen LogP contribution in [0.4, 0.5) is 9.52 Å². The number of rotatable bonds is 5. The first kappa shape index (κ1) is 15.5. The minimum Gasteiger partial charge on any atom is -0.495 e. The van der Waals surface area contributed by atoms with Crippen LogP contribution in [0.5, 0.6) is 5.75 Å². The lowest BCUT2D eigenvalue weighted by Crippen LogP contribution is -1.99. The summed E-state index contributed by atoms with van der Waals surface area (Å²) >= 11 is 1.45. The van der Waals surface area contributed by atoms with Gasteiger partial charge in [0.1, 0.15) is 11.6 Å². The maximum atomic E-state index is 12.9. The number of ether oxygens (including phenoxy) is 1. The van der Waals surface area contributed by atoms with Crippen molar-refractivity contribution in [2.45, 2.75) is 6.54 Å². The Morgan fingerprint density at radius 3 is 2.84 bits per heavy atom. The Kier molecular flexibility index (Phi) is 4.02. The molecule has 6 nitrogen and oxygen atoms in total. The fourth-order valence-electron chi connectivity index (χ4n) is 2.36. The van der Waals surface area contributed by atoms with Crippen LogP contribution in [0.3, 0.4) is 0 Å². The summed E-state index contributed by atoms with van der Waals surface area (Å²) in [6, 6.07) is 8.26. The summed E-state index contributed by atoms with van der Waals surface area (Å²) in [5.74, 6) is 0.444. The Morgan fingerprint density at radius 2 is 2.08 bits per heavy atom. The number of benzene rings is 1. The number of hydrogen-bond donors (Lipinski definition) is 1. The molecule has 1 N–H and O–H groups in total. The van der Waals surface area contributed by atoms with Crippen LogP contribution in [0.25, 0.3) is 16.2 Å². The van der Waals surface area contributed by atoms with Gasteiger partial charge in [-0.2, -0.15) is 0 Å². The largest absolute Gasteiger partial charge is 0.495 e. The van der Waals surface area contributed by atoms with Crippen molar-refractivity contribution in [1.29, 1.82) is 0 Å². The van der Waals surface area contributed by atoms with E-state index in [0.717, 1.165) is 26.9 Å². The van der Waals surface area contributed by atoms with Crippen LogP contribution in [-0.2, 0) is 6.54 Å². The van der Waals surface area contributed by atoms with E-state index >= 15 is 0 Å². The van der Waals surface area contributed by atoms with Crippen LogP contribution in [0, 0.1) is 5.82 Å². The van der Waals surface area contributed by atoms with Crippen LogP contribution in [0.1, 0.15) is 5.56 Å². The first-order valence-electron chi connectivity index (χ1n) is 7.55. The highest BCUT2D eigenvalue weighted by molar-refractivity contribution is 7.20. The number of methoxy groups -OCH3 is 1. The Labute approximate surface area is 146 Å². The lowest BCUT2D eigenvalue weighted by Gasteiger charge is -2.02. The Hall–Kier alpha value is -3.00. The van der Waals surface area contributed by atoms with Gasteiger partial charge in [-0.05, 0) is 23.8 Å². The highest BCUT2D eigenvalue weighted by Crippen LogP contribution is 2.26. The van der Waals surface area contributed by atoms with Crippen LogP contribution in [0.15, 0.2) is 48.9 Å². The van der Waals surface area contributed by atoms with Crippen molar-refractivity contribution in [3.8, 4) is 17.0 Å². The van der Waals surface area contributed by atoms with E-state index in [9.17, 15) is 4.39 Å². The number of anilines is 1. The summed E-state index contributed by atoms with van der Waals surface area (Å²) in [5, 5.41) is 8.45. The molecule has 0 amide bonds. The molecule has 25 heavy (non-hydrogen) atoms. The van der Waals surface area contributed by atoms with E-state index in [1.165, 1.54) is 23.5 Å². The molecular formula is C17H14FN5OS. The molecule has 8 heteroatoms. The Morgan fingerprint density at radius 1 is 1.24 bits per heavy atom. The predicted molar refractivity (Wildman–Crippen MR) is 94.4 cm³/mol. The number of imidazole rings is 1. The molecule has 0 radical (unpaired) electrons. The number of fused-ring (bicyclic) bond motifs is 1. The molecule has 4 rings (SSSR count). The van der Waals surface area contributed by atoms with Gasteiger partial charge in [0.25, 0.3) is 0 Å². The molecule has 0 saturated carbocycles. The molecule has 1 aromatic carbocycles. The van der Waals surface area contributed by atoms with Gasteiger partial charge in [0.05, 0.1) is 25.2 Å². The first-order chi connectivity index (χ1) is 12.2. The monoisotopic (exact) mass is 355 g/mol. The van der Waals surface area contributed by atoms with Crippen LogP contribution in [0.2, 0.25) is 0 Å². The van der Waals surface area contributed by atoms with E-state index in [-0.39, 0.29) is 5.82 Å². The maximum absolute atomic E-state index is 12.9. The molecule has 0 saturated heterocycles. The van der Waals surface area contributed by atoms with E-state index in [1.54, 1.807) is 36.2 Å². The summed E-state index contributed by atoms with van der Waals surface area (Å²) in [7, 11) is 1.60. The van der Waals surface area contributed by atoms with Gasteiger partial charge in [0.15, 0.2) is 0 Å². The van der Waals surface area contributed by atoms with E-state index in [1.807, 2.05) is 12.3 Å². The predicted octanol–water partition coefficient (Wildman–Crippen LogP) is 3.61. The average molecular weight is 355 g/mol. The number of hydrogen-bond acceptors (Lipinski definition) is 6. The van der Waals surface area contributed by atoms with E-state index in [0.29, 0.717) is 12.3 Å². The average Bonchev–Trinajstić information content (AvgIpc) is 3.20. The zero-order valence-electron chi connectivity index (χ0n) is 13.3. The summed E-state index contributed by atoms with van der Waals surface area (Å²) < 4.78 is 19.8. The molecule has 3 aromatic heterocycles. The van der Waals surface area contributed by atoms with Crippen molar-refractivity contribution in [1.82, 2.24) is 19.6 Å². The summed E-state index contributed by atoms with van der Waals surface area (Å²) in [6.07, 6.45) is 5.24. The molecule has 126 valence electrons. The second-order valence-electron chi connectivity index (χ2n) is 5.35. The second-order valence-corrected chi connectivity index (χ2v) is 6.31. The van der Waals surface area contributed by atoms with E-state index in [2.05, 4.69) is 20.4 Å². The molecule has 0 aliphatic heterocycles. The van der Waals surface area contributed by atoms with Crippen molar-refractivity contribution in [3.05, 3.63) is 60.3 Å². The Balaban J connectivity index is 1.51. The van der Waals surface area contributed by atoms with Gasteiger partial charge < -0.3 is 10.1 Å². The summed E-state index contributed by atoms with van der Waals surface area (Å²) in [5.41, 5.74) is 2.64. The highest BCUT2D eigenvalue weighted by atomic mass is 32.1. The topological polar surface area (TPSA) is 64.3 Å². The van der Waals surface area contributed by atoms with Crippen molar-refractivity contribution in [3.63, 3.8) is 0 Å². The molecule has 0 unspecified atom stereocenters. The van der Waals surface area contributed by atoms with Gasteiger partial charge in [-0.1, -0.05) is 23.5 Å². The third-order valence-electron chi connectivity index (χ3n) is 3.64. The minimum absolute atomic E-state index is 0.240. The fourth-order valence-corrected chi connectivity index (χ4v) is 3.14. The number of aromatic nitrogens is 4. The Bertz CT molecular complexity index is 980. The highest BCUT2D eigenvalue weighted by Gasteiger charge is 2.10. The molecule has 0 aliphatic carbocycles. The molecule has 4 aromatic rings. The van der Waals surface area contributed by atoms with Crippen molar-refractivity contribution >= 4 is 21.4 Å². The SMILES string of the molecule is COc1cncc(-c2cn3nc(NCc4ccc(F)cc4)sc3n2)c1. The van der Waals surface area contributed by atoms with E-state index in [4.69, 9.17) is 4.74 Å². The van der Waals surface area contributed by atoms with Gasteiger partial charge >= 0.3 is 0 Å². The molecule has 0 aliphatic rings. The van der Waals surface area contributed by atoms with Crippen molar-refractivity contribution < 1.29 is 9.13 Å². The third kappa shape index (κ3) is 3.29. The number of pyridine rings is 1. The molecule has 0 spiro atoms. The van der Waals surface area contributed by atoms with Crippen molar-refractivity contribution in [2.75, 3.05) is 12.4 Å². The lowest BCUT2D eigenvalue weighted by atomic mass is 10.2. The lowest BCUT2D eigenvalue weighted by molar-refractivity contribution is 0.413. The molecule has 0 fully saturated rings. The normalized spacial score (nSPS) is 11.0. The minimum atomic E-state index is -0.240. The zero-order valence-corrected chi connectivity index (χ0v) is 14.1. The molecule has 0 bridgehead atoms. The number of halogens is 1. The van der Waals surface area contributed by atoms with Crippen LogP contribution in [-0.4, -0.2) is 26.7 Å². The number of nitrogens with zero attached hydrogens (tertiary/aromatic N) is 4. The van der Waals surface area contributed by atoms with Crippen molar-refractivity contribution in [2.24, 2.45) is 0 Å². The summed E-state index contributed by atoms with van der Waals surface area (Å²) in [4.78, 5) is 9.50.